The van der Waals surface area contributed by atoms with Crippen LogP contribution in [0.15, 0.2) is 33.5 Å². The number of halogens is 1. The smallest absolute Gasteiger partial charge is 0.374 e. The van der Waals surface area contributed by atoms with E-state index in [9.17, 15) is 9.59 Å². The highest BCUT2D eigenvalue weighted by Crippen LogP contribution is 2.15. The summed E-state index contributed by atoms with van der Waals surface area (Å²) in [6, 6.07) is 4.80. The average molecular weight is 356 g/mol. The number of nitrogens with zero attached hydrogens (tertiary/aromatic N) is 2. The Morgan fingerprint density at radius 2 is 2.19 bits per heavy atom. The van der Waals surface area contributed by atoms with E-state index in [1.165, 1.54) is 6.07 Å². The predicted molar refractivity (Wildman–Crippen MR) is 77.9 cm³/mol. The zero-order valence-electron chi connectivity index (χ0n) is 11.5. The van der Waals surface area contributed by atoms with Gasteiger partial charge in [-0.25, -0.2) is 9.48 Å². The molecule has 21 heavy (non-hydrogen) atoms. The molecule has 2 aromatic rings. The molecule has 0 aliphatic heterocycles. The molecule has 0 aliphatic rings. The second-order valence-electron chi connectivity index (χ2n) is 4.48. The van der Waals surface area contributed by atoms with E-state index in [0.717, 1.165) is 0 Å². The molecule has 112 valence electrons. The molecule has 1 amide bonds. The Bertz CT molecular complexity index is 647. The summed E-state index contributed by atoms with van der Waals surface area (Å²) in [5.74, 6) is -0.571. The van der Waals surface area contributed by atoms with Crippen LogP contribution >= 0.6 is 15.9 Å². The number of aromatic nitrogens is 2. The van der Waals surface area contributed by atoms with Gasteiger partial charge in [0.15, 0.2) is 11.3 Å². The van der Waals surface area contributed by atoms with Crippen molar-refractivity contribution in [3.63, 3.8) is 0 Å². The van der Waals surface area contributed by atoms with E-state index in [1.54, 1.807) is 23.0 Å². The first-order valence-corrected chi connectivity index (χ1v) is 7.02. The fourth-order valence-electron chi connectivity index (χ4n) is 1.63. The van der Waals surface area contributed by atoms with Crippen LogP contribution in [0.2, 0.25) is 0 Å². The number of nitrogens with one attached hydrogen (secondary N) is 1. The molecule has 0 saturated heterocycles. The van der Waals surface area contributed by atoms with Crippen molar-refractivity contribution < 1.29 is 18.7 Å². The van der Waals surface area contributed by atoms with E-state index in [0.29, 0.717) is 10.5 Å². The fraction of sp³-hybridized carbons (Fsp3) is 0.308. The molecule has 0 atom stereocenters. The highest BCUT2D eigenvalue weighted by molar-refractivity contribution is 9.10. The van der Waals surface area contributed by atoms with Gasteiger partial charge in [-0.2, -0.15) is 5.10 Å². The first kappa shape index (κ1) is 15.3. The van der Waals surface area contributed by atoms with Gasteiger partial charge >= 0.3 is 5.97 Å². The van der Waals surface area contributed by atoms with E-state index >= 15 is 0 Å². The van der Waals surface area contributed by atoms with Crippen molar-refractivity contribution in [1.82, 2.24) is 9.78 Å². The Morgan fingerprint density at radius 1 is 1.43 bits per heavy atom. The lowest BCUT2D eigenvalue weighted by Gasteiger charge is -2.11. The Balaban J connectivity index is 1.87. The van der Waals surface area contributed by atoms with Gasteiger partial charge in [-0.1, -0.05) is 0 Å². The Kier molecular flexibility index (Phi) is 4.79. The SMILES string of the molecule is CC(C)n1nccc1NC(=O)COC(=O)c1ccc(Br)o1. The van der Waals surface area contributed by atoms with Gasteiger partial charge in [0.05, 0.1) is 6.20 Å². The van der Waals surface area contributed by atoms with Gasteiger partial charge in [0.2, 0.25) is 5.76 Å². The third-order valence-electron chi connectivity index (χ3n) is 2.54. The molecule has 0 aliphatic carbocycles. The van der Waals surface area contributed by atoms with E-state index in [2.05, 4.69) is 26.3 Å². The molecule has 0 aromatic carbocycles. The van der Waals surface area contributed by atoms with Crippen LogP contribution in [0.5, 0.6) is 0 Å². The summed E-state index contributed by atoms with van der Waals surface area (Å²) in [6.07, 6.45) is 1.59. The molecule has 2 aromatic heterocycles. The van der Waals surface area contributed by atoms with Crippen LogP contribution in [0.25, 0.3) is 0 Å². The third kappa shape index (κ3) is 3.94. The molecule has 0 fully saturated rings. The van der Waals surface area contributed by atoms with E-state index < -0.39 is 18.5 Å². The molecule has 0 radical (unpaired) electrons. The van der Waals surface area contributed by atoms with Crippen LogP contribution < -0.4 is 5.32 Å². The Morgan fingerprint density at radius 3 is 2.81 bits per heavy atom. The molecule has 2 heterocycles. The summed E-state index contributed by atoms with van der Waals surface area (Å²) in [5, 5.41) is 6.72. The maximum absolute atomic E-state index is 11.8. The van der Waals surface area contributed by atoms with E-state index in [1.807, 2.05) is 13.8 Å². The molecule has 0 unspecified atom stereocenters. The second-order valence-corrected chi connectivity index (χ2v) is 5.26. The fourth-order valence-corrected chi connectivity index (χ4v) is 1.94. The molecule has 0 bridgehead atoms. The highest BCUT2D eigenvalue weighted by atomic mass is 79.9. The largest absolute Gasteiger partial charge is 0.450 e. The summed E-state index contributed by atoms with van der Waals surface area (Å²) in [7, 11) is 0. The van der Waals surface area contributed by atoms with Crippen molar-refractivity contribution in [3.05, 3.63) is 34.8 Å². The van der Waals surface area contributed by atoms with Crippen molar-refractivity contribution in [2.45, 2.75) is 19.9 Å². The van der Waals surface area contributed by atoms with Crippen LogP contribution in [0.4, 0.5) is 5.82 Å². The molecule has 7 nitrogen and oxygen atoms in total. The zero-order valence-corrected chi connectivity index (χ0v) is 13.1. The number of hydrogen-bond donors (Lipinski definition) is 1. The van der Waals surface area contributed by atoms with Crippen LogP contribution in [0, 0.1) is 0 Å². The van der Waals surface area contributed by atoms with Crippen LogP contribution in [0.3, 0.4) is 0 Å². The maximum atomic E-state index is 11.8. The van der Waals surface area contributed by atoms with Gasteiger partial charge in [-0.15, -0.1) is 0 Å². The predicted octanol–water partition coefficient (Wildman–Crippen LogP) is 2.62. The number of esters is 1. The molecular weight excluding hydrogens is 342 g/mol. The van der Waals surface area contributed by atoms with Gasteiger partial charge in [0.25, 0.3) is 5.91 Å². The van der Waals surface area contributed by atoms with Crippen molar-refractivity contribution in [2.24, 2.45) is 0 Å². The van der Waals surface area contributed by atoms with Gasteiger partial charge in [-0.3, -0.25) is 4.79 Å². The lowest BCUT2D eigenvalue weighted by Crippen LogP contribution is -2.22. The topological polar surface area (TPSA) is 86.4 Å². The summed E-state index contributed by atoms with van der Waals surface area (Å²) in [6.45, 7) is 3.48. The quantitative estimate of drug-likeness (QED) is 0.833. The van der Waals surface area contributed by atoms with Crippen molar-refractivity contribution in [3.8, 4) is 0 Å². The first-order valence-electron chi connectivity index (χ1n) is 6.23. The standard InChI is InChI=1S/C13H14BrN3O4/c1-8(2)17-11(5-6-15-17)16-12(18)7-20-13(19)9-3-4-10(14)21-9/h3-6,8H,7H2,1-2H3,(H,16,18). The molecule has 8 heteroatoms. The second kappa shape index (κ2) is 6.57. The molecular formula is C13H14BrN3O4. The Hall–Kier alpha value is -2.09. The minimum atomic E-state index is -0.701. The lowest BCUT2D eigenvalue weighted by molar-refractivity contribution is -0.119. The Labute approximate surface area is 129 Å². The maximum Gasteiger partial charge on any atom is 0.374 e. The molecule has 0 saturated carbocycles. The van der Waals surface area contributed by atoms with Crippen molar-refractivity contribution >= 4 is 33.6 Å². The molecule has 1 N–H and O–H groups in total. The van der Waals surface area contributed by atoms with E-state index in [-0.39, 0.29) is 11.8 Å². The summed E-state index contributed by atoms with van der Waals surface area (Å²) >= 11 is 3.08. The van der Waals surface area contributed by atoms with Crippen molar-refractivity contribution in [1.29, 1.82) is 0 Å². The zero-order chi connectivity index (χ0) is 15.4. The number of hydrogen-bond acceptors (Lipinski definition) is 5. The lowest BCUT2D eigenvalue weighted by atomic mass is 10.4. The number of ether oxygens (including phenoxy) is 1. The van der Waals surface area contributed by atoms with E-state index in [4.69, 9.17) is 9.15 Å². The van der Waals surface area contributed by atoms with Crippen LogP contribution in [-0.4, -0.2) is 28.3 Å². The van der Waals surface area contributed by atoms with Gasteiger partial charge < -0.3 is 14.5 Å². The number of rotatable bonds is 5. The summed E-state index contributed by atoms with van der Waals surface area (Å²) < 4.78 is 12.0. The van der Waals surface area contributed by atoms with Crippen molar-refractivity contribution in [2.75, 3.05) is 11.9 Å². The molecule has 2 rings (SSSR count). The number of furan rings is 1. The third-order valence-corrected chi connectivity index (χ3v) is 2.96. The van der Waals surface area contributed by atoms with Gasteiger partial charge in [0, 0.05) is 12.1 Å². The first-order chi connectivity index (χ1) is 9.97. The van der Waals surface area contributed by atoms with Crippen LogP contribution in [0.1, 0.15) is 30.4 Å². The number of carbonyl (C=O) groups excluding carboxylic acids is 2. The monoisotopic (exact) mass is 355 g/mol. The number of amides is 1. The van der Waals surface area contributed by atoms with Crippen LogP contribution in [-0.2, 0) is 9.53 Å². The molecule has 0 spiro atoms. The normalized spacial score (nSPS) is 10.7. The summed E-state index contributed by atoms with van der Waals surface area (Å²) in [4.78, 5) is 23.4. The number of anilines is 1. The number of carbonyl (C=O) groups is 2. The van der Waals surface area contributed by atoms with Gasteiger partial charge in [0.1, 0.15) is 5.82 Å². The average Bonchev–Trinajstić information content (AvgIpc) is 3.05. The summed E-state index contributed by atoms with van der Waals surface area (Å²) in [5.41, 5.74) is 0. The van der Waals surface area contributed by atoms with Gasteiger partial charge in [-0.05, 0) is 41.9 Å². The minimum Gasteiger partial charge on any atom is -0.450 e. The minimum absolute atomic E-state index is 0.0295. The highest BCUT2D eigenvalue weighted by Gasteiger charge is 2.15.